The molecule has 0 radical (unpaired) electrons. The van der Waals surface area contributed by atoms with Gasteiger partial charge in [0.25, 0.3) is 12.3 Å². The average Bonchev–Trinajstić information content (AvgIpc) is 2.99. The van der Waals surface area contributed by atoms with Gasteiger partial charge in [0.2, 0.25) is 0 Å². The summed E-state index contributed by atoms with van der Waals surface area (Å²) in [5, 5.41) is 6.44. The van der Waals surface area contributed by atoms with Gasteiger partial charge in [0.05, 0.1) is 34.9 Å². The highest BCUT2D eigenvalue weighted by molar-refractivity contribution is 6.06. The van der Waals surface area contributed by atoms with Gasteiger partial charge in [-0.2, -0.15) is 18.3 Å². The van der Waals surface area contributed by atoms with Crippen molar-refractivity contribution in [1.29, 1.82) is 0 Å². The summed E-state index contributed by atoms with van der Waals surface area (Å²) in [5.41, 5.74) is 0.108. The second kappa shape index (κ2) is 6.93. The fraction of sp³-hybridized carbons (Fsp3) is 0.235. The molecule has 27 heavy (non-hydrogen) atoms. The predicted octanol–water partition coefficient (Wildman–Crippen LogP) is 3.65. The molecule has 1 aromatic carbocycles. The van der Waals surface area contributed by atoms with Crippen LogP contribution in [0.15, 0.2) is 36.5 Å². The summed E-state index contributed by atoms with van der Waals surface area (Å²) in [5.74, 6) is -0.746. The first kappa shape index (κ1) is 18.7. The van der Waals surface area contributed by atoms with Crippen molar-refractivity contribution in [1.82, 2.24) is 20.1 Å². The first-order chi connectivity index (χ1) is 12.7. The summed E-state index contributed by atoms with van der Waals surface area (Å²) in [6.45, 7) is -0.821. The number of nitrogens with zero attached hydrogens (tertiary/aromatic N) is 3. The van der Waals surface area contributed by atoms with E-state index >= 15 is 0 Å². The highest BCUT2D eigenvalue weighted by Crippen LogP contribution is 2.31. The summed E-state index contributed by atoms with van der Waals surface area (Å²) >= 11 is 0. The summed E-state index contributed by atoms with van der Waals surface area (Å²) in [4.78, 5) is 16.6. The van der Waals surface area contributed by atoms with Crippen molar-refractivity contribution in [2.45, 2.75) is 12.6 Å². The lowest BCUT2D eigenvalue weighted by molar-refractivity contribution is -0.137. The largest absolute Gasteiger partial charge is 0.416 e. The van der Waals surface area contributed by atoms with Gasteiger partial charge in [-0.05, 0) is 18.2 Å². The molecule has 0 aliphatic heterocycles. The normalized spacial score (nSPS) is 12.0. The molecule has 3 rings (SSSR count). The second-order valence-electron chi connectivity index (χ2n) is 5.74. The zero-order chi connectivity index (χ0) is 19.8. The van der Waals surface area contributed by atoms with Crippen molar-refractivity contribution in [3.63, 3.8) is 0 Å². The van der Waals surface area contributed by atoms with Crippen molar-refractivity contribution in [3.05, 3.63) is 47.7 Å². The second-order valence-corrected chi connectivity index (χ2v) is 5.74. The van der Waals surface area contributed by atoms with Crippen LogP contribution in [0.1, 0.15) is 15.9 Å². The van der Waals surface area contributed by atoms with E-state index in [9.17, 15) is 26.7 Å². The topological polar surface area (TPSA) is 59.8 Å². The SMILES string of the molecule is Cn1ncc2c(C(=O)NCC(F)F)cc(-c3ccc(C(F)(F)F)cc3)nc21. The molecule has 10 heteroatoms. The predicted molar refractivity (Wildman–Crippen MR) is 87.3 cm³/mol. The molecule has 0 bridgehead atoms. The van der Waals surface area contributed by atoms with Crippen LogP contribution in [0.5, 0.6) is 0 Å². The number of carbonyl (C=O) groups excluding carboxylic acids is 1. The molecule has 2 heterocycles. The molecule has 1 N–H and O–H groups in total. The van der Waals surface area contributed by atoms with Crippen molar-refractivity contribution < 1.29 is 26.7 Å². The molecule has 1 amide bonds. The number of amides is 1. The van der Waals surface area contributed by atoms with Crippen molar-refractivity contribution >= 4 is 16.9 Å². The molecule has 0 atom stereocenters. The van der Waals surface area contributed by atoms with Crippen LogP contribution in [0, 0.1) is 0 Å². The van der Waals surface area contributed by atoms with Crippen LogP contribution >= 0.6 is 0 Å². The van der Waals surface area contributed by atoms with Gasteiger partial charge in [-0.15, -0.1) is 0 Å². The maximum absolute atomic E-state index is 12.7. The number of benzene rings is 1. The summed E-state index contributed by atoms with van der Waals surface area (Å²) < 4.78 is 64.3. The van der Waals surface area contributed by atoms with Crippen molar-refractivity contribution in [2.24, 2.45) is 7.05 Å². The standard InChI is InChI=1S/C17H13F5N4O/c1-26-15-12(7-24-26)11(16(27)23-8-14(18)19)6-13(25-15)9-2-4-10(5-3-9)17(20,21)22/h2-7,14H,8H2,1H3,(H,23,27). The van der Waals surface area contributed by atoms with Gasteiger partial charge in [0, 0.05) is 12.6 Å². The maximum Gasteiger partial charge on any atom is 0.416 e. The Balaban J connectivity index is 2.06. The number of fused-ring (bicyclic) bond motifs is 1. The number of alkyl halides is 5. The van der Waals surface area contributed by atoms with Gasteiger partial charge in [-0.1, -0.05) is 12.1 Å². The van der Waals surface area contributed by atoms with Gasteiger partial charge in [-0.25, -0.2) is 13.8 Å². The Kier molecular flexibility index (Phi) is 4.81. The van der Waals surface area contributed by atoms with E-state index in [1.165, 1.54) is 29.1 Å². The van der Waals surface area contributed by atoms with E-state index in [4.69, 9.17) is 0 Å². The smallest absolute Gasteiger partial charge is 0.346 e. The number of carbonyl (C=O) groups is 1. The third-order valence-electron chi connectivity index (χ3n) is 3.87. The highest BCUT2D eigenvalue weighted by atomic mass is 19.4. The first-order valence-corrected chi connectivity index (χ1v) is 7.73. The number of aromatic nitrogens is 3. The Labute approximate surface area is 149 Å². The maximum atomic E-state index is 12.7. The van der Waals surface area contributed by atoms with E-state index in [0.29, 0.717) is 16.6 Å². The fourth-order valence-corrected chi connectivity index (χ4v) is 2.55. The van der Waals surface area contributed by atoms with E-state index in [1.54, 1.807) is 7.05 Å². The van der Waals surface area contributed by atoms with Crippen LogP contribution in [0.2, 0.25) is 0 Å². The monoisotopic (exact) mass is 384 g/mol. The van der Waals surface area contributed by atoms with Crippen molar-refractivity contribution in [3.8, 4) is 11.3 Å². The van der Waals surface area contributed by atoms with Gasteiger partial charge in [0.15, 0.2) is 5.65 Å². The van der Waals surface area contributed by atoms with Gasteiger partial charge >= 0.3 is 6.18 Å². The molecule has 0 fully saturated rings. The molecule has 0 unspecified atom stereocenters. The number of nitrogens with one attached hydrogen (secondary N) is 1. The number of aryl methyl sites for hydroxylation is 1. The average molecular weight is 384 g/mol. The molecule has 5 nitrogen and oxygen atoms in total. The van der Waals surface area contributed by atoms with Crippen LogP contribution < -0.4 is 5.32 Å². The number of pyridine rings is 1. The molecule has 0 aliphatic carbocycles. The quantitative estimate of drug-likeness (QED) is 0.699. The minimum atomic E-state index is -4.47. The fourth-order valence-electron chi connectivity index (χ4n) is 2.55. The Hall–Kier alpha value is -3.04. The highest BCUT2D eigenvalue weighted by Gasteiger charge is 2.30. The number of rotatable bonds is 4. The number of halogens is 5. The summed E-state index contributed by atoms with van der Waals surface area (Å²) in [6.07, 6.45) is -5.82. The van der Waals surface area contributed by atoms with Gasteiger partial charge in [0.1, 0.15) is 0 Å². The first-order valence-electron chi connectivity index (χ1n) is 7.73. The zero-order valence-corrected chi connectivity index (χ0v) is 13.9. The third-order valence-corrected chi connectivity index (χ3v) is 3.87. The molecule has 3 aromatic rings. The lowest BCUT2D eigenvalue weighted by atomic mass is 10.0. The van der Waals surface area contributed by atoms with Crippen molar-refractivity contribution in [2.75, 3.05) is 6.54 Å². The molecule has 142 valence electrons. The molecule has 0 saturated carbocycles. The van der Waals surface area contributed by atoms with Crippen LogP contribution in [0.3, 0.4) is 0 Å². The number of hydrogen-bond acceptors (Lipinski definition) is 3. The minimum Gasteiger partial charge on any atom is -0.346 e. The van der Waals surface area contributed by atoms with Crippen LogP contribution in [-0.4, -0.2) is 33.6 Å². The molecular weight excluding hydrogens is 371 g/mol. The van der Waals surface area contributed by atoms with E-state index in [-0.39, 0.29) is 11.3 Å². The van der Waals surface area contributed by atoms with Crippen LogP contribution in [0.4, 0.5) is 22.0 Å². The third kappa shape index (κ3) is 3.88. The van der Waals surface area contributed by atoms with E-state index in [0.717, 1.165) is 12.1 Å². The molecule has 2 aromatic heterocycles. The molecule has 0 spiro atoms. The van der Waals surface area contributed by atoms with Gasteiger partial charge in [-0.3, -0.25) is 9.48 Å². The van der Waals surface area contributed by atoms with E-state index in [1.807, 2.05) is 0 Å². The molecule has 0 saturated heterocycles. The van der Waals surface area contributed by atoms with E-state index < -0.39 is 30.6 Å². The lowest BCUT2D eigenvalue weighted by Gasteiger charge is -2.10. The Morgan fingerprint density at radius 3 is 2.48 bits per heavy atom. The molecule has 0 aliphatic rings. The summed E-state index contributed by atoms with van der Waals surface area (Å²) in [7, 11) is 1.58. The Bertz CT molecular complexity index is 979. The Morgan fingerprint density at radius 1 is 1.22 bits per heavy atom. The van der Waals surface area contributed by atoms with Crippen LogP contribution in [0.25, 0.3) is 22.3 Å². The Morgan fingerprint density at radius 2 is 1.89 bits per heavy atom. The minimum absolute atomic E-state index is 0.0589. The molecular formula is C17H13F5N4O. The van der Waals surface area contributed by atoms with Crippen LogP contribution in [-0.2, 0) is 13.2 Å². The number of hydrogen-bond donors (Lipinski definition) is 1. The van der Waals surface area contributed by atoms with E-state index in [2.05, 4.69) is 15.4 Å². The summed E-state index contributed by atoms with van der Waals surface area (Å²) in [6, 6.07) is 5.61. The zero-order valence-electron chi connectivity index (χ0n) is 13.9. The lowest BCUT2D eigenvalue weighted by Crippen LogP contribution is -2.28. The van der Waals surface area contributed by atoms with Gasteiger partial charge < -0.3 is 5.32 Å².